The second-order valence-corrected chi connectivity index (χ2v) is 5.21. The average molecular weight is 224 g/mol. The minimum absolute atomic E-state index is 0.420. The zero-order valence-electron chi connectivity index (χ0n) is 10.3. The Kier molecular flexibility index (Phi) is 4.79. The first-order valence-corrected chi connectivity index (χ1v) is 6.81. The Labute approximate surface area is 98.8 Å². The van der Waals surface area contributed by atoms with E-state index in [1.165, 1.54) is 38.5 Å². The van der Waals surface area contributed by atoms with Gasteiger partial charge in [-0.15, -0.1) is 0 Å². The van der Waals surface area contributed by atoms with E-state index in [0.29, 0.717) is 18.9 Å². The standard InChI is InChI=1S/C13H24N2O/c16-13(11-14-7-3-1-4-8-14)12-15-9-5-2-6-10-15/h1-12H2. The molecular formula is C13H24N2O. The van der Waals surface area contributed by atoms with Crippen LogP contribution in [0.2, 0.25) is 0 Å². The van der Waals surface area contributed by atoms with E-state index < -0.39 is 0 Å². The molecule has 0 aromatic heterocycles. The van der Waals surface area contributed by atoms with Crippen LogP contribution in [-0.4, -0.2) is 54.9 Å². The van der Waals surface area contributed by atoms with Crippen molar-refractivity contribution in [2.24, 2.45) is 0 Å². The van der Waals surface area contributed by atoms with Gasteiger partial charge in [-0.1, -0.05) is 12.8 Å². The van der Waals surface area contributed by atoms with Gasteiger partial charge < -0.3 is 0 Å². The molecule has 3 nitrogen and oxygen atoms in total. The zero-order valence-corrected chi connectivity index (χ0v) is 10.3. The number of Topliss-reactive ketones (excluding diaryl/α,β-unsaturated/α-hetero) is 1. The summed E-state index contributed by atoms with van der Waals surface area (Å²) < 4.78 is 0. The summed E-state index contributed by atoms with van der Waals surface area (Å²) in [6, 6.07) is 0. The van der Waals surface area contributed by atoms with E-state index in [2.05, 4.69) is 9.80 Å². The van der Waals surface area contributed by atoms with Crippen LogP contribution in [0.4, 0.5) is 0 Å². The summed E-state index contributed by atoms with van der Waals surface area (Å²) >= 11 is 0. The minimum atomic E-state index is 0.420. The third-order valence-corrected chi connectivity index (χ3v) is 3.70. The van der Waals surface area contributed by atoms with Crippen molar-refractivity contribution in [1.82, 2.24) is 9.80 Å². The van der Waals surface area contributed by atoms with Gasteiger partial charge in [0.2, 0.25) is 0 Å². The number of nitrogens with zero attached hydrogens (tertiary/aromatic N) is 2. The summed E-state index contributed by atoms with van der Waals surface area (Å²) in [7, 11) is 0. The molecule has 2 saturated heterocycles. The molecule has 0 aliphatic carbocycles. The predicted molar refractivity (Wildman–Crippen MR) is 65.6 cm³/mol. The molecule has 0 N–H and O–H groups in total. The van der Waals surface area contributed by atoms with Gasteiger partial charge in [0.25, 0.3) is 0 Å². The molecule has 0 unspecified atom stereocenters. The van der Waals surface area contributed by atoms with Crippen molar-refractivity contribution >= 4 is 5.78 Å². The van der Waals surface area contributed by atoms with Crippen molar-refractivity contribution < 1.29 is 4.79 Å². The maximum atomic E-state index is 11.9. The van der Waals surface area contributed by atoms with Crippen LogP contribution in [0.15, 0.2) is 0 Å². The van der Waals surface area contributed by atoms with E-state index in [0.717, 1.165) is 26.2 Å². The summed E-state index contributed by atoms with van der Waals surface area (Å²) in [6.07, 6.45) is 7.79. The molecule has 92 valence electrons. The first-order chi connectivity index (χ1) is 7.84. The maximum Gasteiger partial charge on any atom is 0.160 e. The lowest BCUT2D eigenvalue weighted by Crippen LogP contribution is -2.41. The predicted octanol–water partition coefficient (Wildman–Crippen LogP) is 1.53. The summed E-state index contributed by atoms with van der Waals surface area (Å²) in [5.74, 6) is 0.420. The van der Waals surface area contributed by atoms with Crippen LogP contribution < -0.4 is 0 Å². The number of hydrogen-bond acceptors (Lipinski definition) is 3. The Morgan fingerprint density at radius 3 is 1.44 bits per heavy atom. The fourth-order valence-corrected chi connectivity index (χ4v) is 2.78. The van der Waals surface area contributed by atoms with Crippen molar-refractivity contribution in [2.75, 3.05) is 39.3 Å². The topological polar surface area (TPSA) is 23.6 Å². The largest absolute Gasteiger partial charge is 0.297 e. The number of carbonyl (C=O) groups excluding carboxylic acids is 1. The normalized spacial score (nSPS) is 24.5. The number of piperidine rings is 2. The Morgan fingerprint density at radius 2 is 1.06 bits per heavy atom. The minimum Gasteiger partial charge on any atom is -0.297 e. The van der Waals surface area contributed by atoms with Crippen LogP contribution in [-0.2, 0) is 4.79 Å². The molecular weight excluding hydrogens is 200 g/mol. The van der Waals surface area contributed by atoms with Crippen LogP contribution in [0, 0.1) is 0 Å². The van der Waals surface area contributed by atoms with Gasteiger partial charge in [-0.2, -0.15) is 0 Å². The molecule has 0 radical (unpaired) electrons. The first-order valence-electron chi connectivity index (χ1n) is 6.81. The number of likely N-dealkylation sites (tertiary alicyclic amines) is 2. The quantitative estimate of drug-likeness (QED) is 0.723. The highest BCUT2D eigenvalue weighted by Crippen LogP contribution is 2.10. The van der Waals surface area contributed by atoms with Crippen molar-refractivity contribution in [1.29, 1.82) is 0 Å². The van der Waals surface area contributed by atoms with Crippen molar-refractivity contribution in [2.45, 2.75) is 38.5 Å². The maximum absolute atomic E-state index is 11.9. The van der Waals surface area contributed by atoms with Gasteiger partial charge in [0.15, 0.2) is 5.78 Å². The summed E-state index contributed by atoms with van der Waals surface area (Å²) in [6.45, 7) is 5.90. The molecule has 0 saturated carbocycles. The van der Waals surface area contributed by atoms with E-state index >= 15 is 0 Å². The van der Waals surface area contributed by atoms with Gasteiger partial charge in [0, 0.05) is 0 Å². The monoisotopic (exact) mass is 224 g/mol. The second-order valence-electron chi connectivity index (χ2n) is 5.21. The Hall–Kier alpha value is -0.410. The number of ketones is 1. The van der Waals surface area contributed by atoms with Crippen molar-refractivity contribution in [3.63, 3.8) is 0 Å². The molecule has 0 atom stereocenters. The van der Waals surface area contributed by atoms with Crippen molar-refractivity contribution in [3.8, 4) is 0 Å². The van der Waals surface area contributed by atoms with Gasteiger partial charge in [-0.25, -0.2) is 0 Å². The number of rotatable bonds is 4. The van der Waals surface area contributed by atoms with Crippen LogP contribution in [0.3, 0.4) is 0 Å². The lowest BCUT2D eigenvalue weighted by molar-refractivity contribution is -0.121. The fraction of sp³-hybridized carbons (Fsp3) is 0.923. The van der Waals surface area contributed by atoms with Gasteiger partial charge in [0.1, 0.15) is 0 Å². The van der Waals surface area contributed by atoms with Crippen LogP contribution >= 0.6 is 0 Å². The molecule has 2 aliphatic heterocycles. The van der Waals surface area contributed by atoms with E-state index in [4.69, 9.17) is 0 Å². The Balaban J connectivity index is 1.66. The van der Waals surface area contributed by atoms with Crippen LogP contribution in [0.1, 0.15) is 38.5 Å². The van der Waals surface area contributed by atoms with Crippen molar-refractivity contribution in [3.05, 3.63) is 0 Å². The van der Waals surface area contributed by atoms with E-state index in [1.807, 2.05) is 0 Å². The number of hydrogen-bond donors (Lipinski definition) is 0. The van der Waals surface area contributed by atoms with Gasteiger partial charge in [0.05, 0.1) is 13.1 Å². The van der Waals surface area contributed by atoms with E-state index in [1.54, 1.807) is 0 Å². The molecule has 3 heteroatoms. The third kappa shape index (κ3) is 3.87. The SMILES string of the molecule is O=C(CN1CCCCC1)CN1CCCCC1. The molecule has 0 bridgehead atoms. The lowest BCUT2D eigenvalue weighted by Gasteiger charge is -2.29. The van der Waals surface area contributed by atoms with Crippen LogP contribution in [0.5, 0.6) is 0 Å². The van der Waals surface area contributed by atoms with E-state index in [-0.39, 0.29) is 0 Å². The molecule has 2 fully saturated rings. The molecule has 16 heavy (non-hydrogen) atoms. The molecule has 0 aromatic rings. The van der Waals surface area contributed by atoms with Crippen LogP contribution in [0.25, 0.3) is 0 Å². The van der Waals surface area contributed by atoms with E-state index in [9.17, 15) is 4.79 Å². The highest BCUT2D eigenvalue weighted by Gasteiger charge is 2.17. The Bertz CT molecular complexity index is 196. The molecule has 0 spiro atoms. The molecule has 2 heterocycles. The zero-order chi connectivity index (χ0) is 11.2. The van der Waals surface area contributed by atoms with Gasteiger partial charge >= 0.3 is 0 Å². The fourth-order valence-electron chi connectivity index (χ4n) is 2.78. The molecule has 2 rings (SSSR count). The summed E-state index contributed by atoms with van der Waals surface area (Å²) in [4.78, 5) is 16.6. The molecule has 0 aromatic carbocycles. The average Bonchev–Trinajstić information content (AvgIpc) is 2.31. The smallest absolute Gasteiger partial charge is 0.160 e. The summed E-state index contributed by atoms with van der Waals surface area (Å²) in [5.41, 5.74) is 0. The molecule has 2 aliphatic rings. The lowest BCUT2D eigenvalue weighted by atomic mass is 10.1. The van der Waals surface area contributed by atoms with Gasteiger partial charge in [-0.05, 0) is 51.9 Å². The first kappa shape index (κ1) is 12.1. The highest BCUT2D eigenvalue weighted by molar-refractivity contribution is 5.82. The summed E-state index contributed by atoms with van der Waals surface area (Å²) in [5, 5.41) is 0. The molecule has 0 amide bonds. The number of carbonyl (C=O) groups is 1. The second kappa shape index (κ2) is 6.36. The Morgan fingerprint density at radius 1 is 0.688 bits per heavy atom. The highest BCUT2D eigenvalue weighted by atomic mass is 16.1. The third-order valence-electron chi connectivity index (χ3n) is 3.70. The van der Waals surface area contributed by atoms with Gasteiger partial charge in [-0.3, -0.25) is 14.6 Å².